The quantitative estimate of drug-likeness (QED) is 0.495. The maximum atomic E-state index is 5.51. The van der Waals surface area contributed by atoms with Gasteiger partial charge in [0.15, 0.2) is 0 Å². The Balaban J connectivity index is 2.38. The van der Waals surface area contributed by atoms with Crippen LogP contribution in [0.3, 0.4) is 0 Å². The highest BCUT2D eigenvalue weighted by Crippen LogP contribution is 2.22. The highest BCUT2D eigenvalue weighted by molar-refractivity contribution is 6.11. The summed E-state index contributed by atoms with van der Waals surface area (Å²) in [6.45, 7) is 2.71. The number of ether oxygens (including phenoxy) is 1. The summed E-state index contributed by atoms with van der Waals surface area (Å²) in [6, 6.07) is -0.0754. The van der Waals surface area contributed by atoms with Crippen molar-refractivity contribution in [3.05, 3.63) is 0 Å². The van der Waals surface area contributed by atoms with Crippen molar-refractivity contribution < 1.29 is 4.74 Å². The van der Waals surface area contributed by atoms with Crippen molar-refractivity contribution in [1.29, 1.82) is 0 Å². The lowest BCUT2D eigenvalue weighted by Gasteiger charge is -2.10. The second-order valence-electron chi connectivity index (χ2n) is 2.66. The van der Waals surface area contributed by atoms with Crippen LogP contribution in [0.25, 0.3) is 0 Å². The molecule has 0 saturated carbocycles. The monoisotopic (exact) mass is 125 g/mol. The van der Waals surface area contributed by atoms with E-state index in [9.17, 15) is 0 Å². The van der Waals surface area contributed by atoms with Crippen molar-refractivity contribution in [2.75, 3.05) is 6.54 Å². The second kappa shape index (κ2) is 2.71. The first-order valence-electron chi connectivity index (χ1n) is 3.35. The Hall–Kier alpha value is -0.0151. The molecule has 3 unspecified atom stereocenters. The van der Waals surface area contributed by atoms with Crippen LogP contribution in [0.4, 0.5) is 0 Å². The molecule has 0 aliphatic carbocycles. The van der Waals surface area contributed by atoms with E-state index in [1.165, 1.54) is 0 Å². The average molecular weight is 125 g/mol. The van der Waals surface area contributed by atoms with Crippen molar-refractivity contribution in [1.82, 2.24) is 0 Å². The van der Waals surface area contributed by atoms with Gasteiger partial charge in [-0.15, -0.1) is 0 Å². The first-order valence-corrected chi connectivity index (χ1v) is 3.35. The zero-order valence-corrected chi connectivity index (χ0v) is 5.71. The van der Waals surface area contributed by atoms with Gasteiger partial charge in [-0.05, 0) is 12.3 Å². The SMILES string of the molecule is [B]C1CC(C)C(CN)O1. The zero-order chi connectivity index (χ0) is 6.85. The molecule has 3 heteroatoms. The van der Waals surface area contributed by atoms with E-state index < -0.39 is 0 Å². The lowest BCUT2D eigenvalue weighted by atomic mass is 9.92. The topological polar surface area (TPSA) is 35.2 Å². The standard InChI is InChI=1S/C6H12BNO/c1-4-2-6(7)9-5(4)3-8/h4-6H,2-3,8H2,1H3. The molecular formula is C6H12BNO. The molecule has 2 radical (unpaired) electrons. The van der Waals surface area contributed by atoms with Crippen LogP contribution in [0.1, 0.15) is 13.3 Å². The number of hydrogen-bond acceptors (Lipinski definition) is 2. The van der Waals surface area contributed by atoms with E-state index in [1.54, 1.807) is 0 Å². The molecule has 1 aliphatic rings. The Morgan fingerprint density at radius 1 is 1.78 bits per heavy atom. The predicted molar refractivity (Wildman–Crippen MR) is 37.3 cm³/mol. The fraction of sp³-hybridized carbons (Fsp3) is 1.00. The molecule has 50 valence electrons. The van der Waals surface area contributed by atoms with Gasteiger partial charge in [-0.25, -0.2) is 0 Å². The maximum absolute atomic E-state index is 5.51. The van der Waals surface area contributed by atoms with Crippen molar-refractivity contribution >= 4 is 7.85 Å². The summed E-state index contributed by atoms with van der Waals surface area (Å²) < 4.78 is 5.28. The Kier molecular flexibility index (Phi) is 2.14. The van der Waals surface area contributed by atoms with Crippen LogP contribution in [0.2, 0.25) is 0 Å². The van der Waals surface area contributed by atoms with Crippen molar-refractivity contribution in [3.8, 4) is 0 Å². The third-order valence-electron chi connectivity index (χ3n) is 1.82. The Morgan fingerprint density at radius 2 is 2.44 bits per heavy atom. The minimum Gasteiger partial charge on any atom is -0.383 e. The van der Waals surface area contributed by atoms with Gasteiger partial charge < -0.3 is 10.5 Å². The van der Waals surface area contributed by atoms with E-state index in [1.807, 2.05) is 0 Å². The average Bonchev–Trinajstić information content (AvgIpc) is 2.10. The van der Waals surface area contributed by atoms with E-state index in [-0.39, 0.29) is 12.1 Å². The molecule has 3 atom stereocenters. The first-order chi connectivity index (χ1) is 4.24. The summed E-state index contributed by atoms with van der Waals surface area (Å²) >= 11 is 0. The highest BCUT2D eigenvalue weighted by atomic mass is 16.5. The van der Waals surface area contributed by atoms with Gasteiger partial charge in [0.25, 0.3) is 0 Å². The first kappa shape index (κ1) is 7.10. The Morgan fingerprint density at radius 3 is 2.67 bits per heavy atom. The van der Waals surface area contributed by atoms with E-state index in [0.717, 1.165) is 6.42 Å². The van der Waals surface area contributed by atoms with Gasteiger partial charge in [0.05, 0.1) is 6.10 Å². The summed E-state index contributed by atoms with van der Waals surface area (Å²) in [5, 5.41) is 0. The van der Waals surface area contributed by atoms with Crippen molar-refractivity contribution in [3.63, 3.8) is 0 Å². The molecule has 0 spiro atoms. The van der Waals surface area contributed by atoms with Crippen LogP contribution in [0.15, 0.2) is 0 Å². The molecular weight excluding hydrogens is 113 g/mol. The summed E-state index contributed by atoms with van der Waals surface area (Å²) in [5.41, 5.74) is 5.41. The largest absolute Gasteiger partial charge is 0.383 e. The molecule has 2 N–H and O–H groups in total. The second-order valence-corrected chi connectivity index (χ2v) is 2.66. The number of rotatable bonds is 1. The lowest BCUT2D eigenvalue weighted by molar-refractivity contribution is 0.0808. The molecule has 0 aromatic rings. The number of nitrogens with two attached hydrogens (primary N) is 1. The molecule has 0 aromatic carbocycles. The van der Waals surface area contributed by atoms with Gasteiger partial charge in [0.1, 0.15) is 7.85 Å². The van der Waals surface area contributed by atoms with Crippen LogP contribution in [-0.4, -0.2) is 26.5 Å². The molecule has 0 amide bonds. The fourth-order valence-electron chi connectivity index (χ4n) is 1.22. The van der Waals surface area contributed by atoms with E-state index in [4.69, 9.17) is 18.3 Å². The van der Waals surface area contributed by atoms with Crippen LogP contribution in [-0.2, 0) is 4.74 Å². The van der Waals surface area contributed by atoms with Gasteiger partial charge in [-0.3, -0.25) is 0 Å². The minimum atomic E-state index is -0.0754. The molecule has 1 saturated heterocycles. The summed E-state index contributed by atoms with van der Waals surface area (Å²) in [5.74, 6) is 0.532. The van der Waals surface area contributed by atoms with Gasteiger partial charge in [-0.2, -0.15) is 0 Å². The molecule has 9 heavy (non-hydrogen) atoms. The Bertz CT molecular complexity index is 99.1. The normalized spacial score (nSPS) is 43.6. The lowest BCUT2D eigenvalue weighted by Crippen LogP contribution is -2.24. The third kappa shape index (κ3) is 1.46. The zero-order valence-electron chi connectivity index (χ0n) is 5.71. The van der Waals surface area contributed by atoms with E-state index in [0.29, 0.717) is 12.5 Å². The number of hydrogen-bond donors (Lipinski definition) is 1. The Labute approximate surface area is 57.2 Å². The van der Waals surface area contributed by atoms with Crippen LogP contribution < -0.4 is 5.73 Å². The molecule has 1 fully saturated rings. The summed E-state index contributed by atoms with van der Waals surface area (Å²) in [6.07, 6.45) is 1.14. The molecule has 1 rings (SSSR count). The molecule has 1 heterocycles. The maximum Gasteiger partial charge on any atom is 0.109 e. The van der Waals surface area contributed by atoms with Crippen LogP contribution in [0, 0.1) is 5.92 Å². The van der Waals surface area contributed by atoms with E-state index in [2.05, 4.69) is 6.92 Å². The molecule has 1 aliphatic heterocycles. The predicted octanol–water partition coefficient (Wildman–Crippen LogP) is -0.135. The van der Waals surface area contributed by atoms with Gasteiger partial charge in [0, 0.05) is 12.5 Å². The van der Waals surface area contributed by atoms with E-state index >= 15 is 0 Å². The van der Waals surface area contributed by atoms with Crippen LogP contribution in [0.5, 0.6) is 0 Å². The smallest absolute Gasteiger partial charge is 0.109 e. The van der Waals surface area contributed by atoms with Crippen molar-refractivity contribution in [2.24, 2.45) is 11.7 Å². The third-order valence-corrected chi connectivity index (χ3v) is 1.82. The highest BCUT2D eigenvalue weighted by Gasteiger charge is 2.27. The summed E-state index contributed by atoms with van der Waals surface area (Å²) in [4.78, 5) is 0. The molecule has 2 nitrogen and oxygen atoms in total. The summed E-state index contributed by atoms with van der Waals surface area (Å²) in [7, 11) is 5.51. The van der Waals surface area contributed by atoms with Gasteiger partial charge >= 0.3 is 0 Å². The van der Waals surface area contributed by atoms with Gasteiger partial charge in [-0.1, -0.05) is 6.92 Å². The van der Waals surface area contributed by atoms with Crippen molar-refractivity contribution in [2.45, 2.75) is 25.5 Å². The molecule has 0 bridgehead atoms. The minimum absolute atomic E-state index is 0.0754. The fourth-order valence-corrected chi connectivity index (χ4v) is 1.22. The van der Waals surface area contributed by atoms with Crippen LogP contribution >= 0.6 is 0 Å². The van der Waals surface area contributed by atoms with Gasteiger partial charge in [0.2, 0.25) is 0 Å². The molecule has 0 aromatic heterocycles.